The standard InChI is InChI=1S/C25H40O5/c1-24(2,3)13-9-5-4-7-11-18-17-20(26)22(28)21(27)19(18)12-8-6-10-14-25(15-16-25)23(29)30/h17,26-28H,4-16H2,1-3H3,(H,29,30). The molecule has 0 atom stereocenters. The van der Waals surface area contributed by atoms with Gasteiger partial charge in [-0.25, -0.2) is 0 Å². The van der Waals surface area contributed by atoms with Gasteiger partial charge in [-0.2, -0.15) is 0 Å². The molecule has 0 amide bonds. The van der Waals surface area contributed by atoms with Crippen LogP contribution in [0.4, 0.5) is 0 Å². The Hall–Kier alpha value is -1.91. The predicted octanol–water partition coefficient (Wildman–Crippen LogP) is 6.31. The van der Waals surface area contributed by atoms with Gasteiger partial charge < -0.3 is 20.4 Å². The Bertz CT molecular complexity index is 713. The zero-order chi connectivity index (χ0) is 22.4. The zero-order valence-corrected chi connectivity index (χ0v) is 19.0. The molecule has 5 heteroatoms. The van der Waals surface area contributed by atoms with E-state index < -0.39 is 17.1 Å². The van der Waals surface area contributed by atoms with Crippen molar-refractivity contribution < 1.29 is 25.2 Å². The second kappa shape index (κ2) is 10.4. The maximum absolute atomic E-state index is 11.3. The molecule has 0 unspecified atom stereocenters. The molecule has 4 N–H and O–H groups in total. The van der Waals surface area contributed by atoms with Crippen LogP contribution in [-0.2, 0) is 17.6 Å². The molecule has 1 fully saturated rings. The first kappa shape index (κ1) is 24.4. The Morgan fingerprint density at radius 2 is 1.50 bits per heavy atom. The summed E-state index contributed by atoms with van der Waals surface area (Å²) in [5, 5.41) is 39.5. The number of aliphatic carboxylic acids is 1. The monoisotopic (exact) mass is 420 g/mol. The van der Waals surface area contributed by atoms with Gasteiger partial charge in [0.25, 0.3) is 0 Å². The van der Waals surface area contributed by atoms with E-state index in [1.54, 1.807) is 6.07 Å². The molecule has 1 aromatic rings. The third kappa shape index (κ3) is 7.10. The van der Waals surface area contributed by atoms with E-state index in [-0.39, 0.29) is 11.5 Å². The van der Waals surface area contributed by atoms with E-state index >= 15 is 0 Å². The molecule has 0 saturated heterocycles. The van der Waals surface area contributed by atoms with Crippen LogP contribution in [-0.4, -0.2) is 26.4 Å². The maximum atomic E-state index is 11.3. The smallest absolute Gasteiger partial charge is 0.309 e. The highest BCUT2D eigenvalue weighted by atomic mass is 16.4. The largest absolute Gasteiger partial charge is 0.504 e. The lowest BCUT2D eigenvalue weighted by Crippen LogP contribution is -2.14. The molecule has 1 aromatic carbocycles. The van der Waals surface area contributed by atoms with Gasteiger partial charge in [0.15, 0.2) is 11.5 Å². The molecular formula is C25H40O5. The van der Waals surface area contributed by atoms with Crippen LogP contribution >= 0.6 is 0 Å². The SMILES string of the molecule is CC(C)(C)CCCCCCc1cc(O)c(O)c(O)c1CCCCCC1(C(=O)O)CC1. The van der Waals surface area contributed by atoms with Crippen LogP contribution in [0.1, 0.15) is 103 Å². The summed E-state index contributed by atoms with van der Waals surface area (Å²) in [5.41, 5.74) is 1.52. The molecule has 5 nitrogen and oxygen atoms in total. The van der Waals surface area contributed by atoms with Crippen molar-refractivity contribution in [2.45, 2.75) is 104 Å². The molecule has 1 saturated carbocycles. The molecule has 0 bridgehead atoms. The van der Waals surface area contributed by atoms with Crippen molar-refractivity contribution in [2.75, 3.05) is 0 Å². The number of phenolic OH excluding ortho intramolecular Hbond substituents is 3. The van der Waals surface area contributed by atoms with Crippen LogP contribution in [0.5, 0.6) is 17.2 Å². The van der Waals surface area contributed by atoms with Crippen molar-refractivity contribution in [3.05, 3.63) is 17.2 Å². The summed E-state index contributed by atoms with van der Waals surface area (Å²) in [4.78, 5) is 11.3. The first-order valence-corrected chi connectivity index (χ1v) is 11.5. The summed E-state index contributed by atoms with van der Waals surface area (Å²) in [5.74, 6) is -1.59. The topological polar surface area (TPSA) is 98.0 Å². The fourth-order valence-electron chi connectivity index (χ4n) is 4.23. The first-order chi connectivity index (χ1) is 14.1. The van der Waals surface area contributed by atoms with Crippen molar-refractivity contribution in [1.82, 2.24) is 0 Å². The Balaban J connectivity index is 1.83. The number of carbonyl (C=O) groups is 1. The Kier molecular flexibility index (Phi) is 8.45. The van der Waals surface area contributed by atoms with Gasteiger partial charge in [-0.3, -0.25) is 4.79 Å². The average Bonchev–Trinajstić information content (AvgIpc) is 3.45. The van der Waals surface area contributed by atoms with Crippen molar-refractivity contribution in [1.29, 1.82) is 0 Å². The van der Waals surface area contributed by atoms with Crippen molar-refractivity contribution >= 4 is 5.97 Å². The van der Waals surface area contributed by atoms with E-state index in [1.807, 2.05) is 0 Å². The summed E-state index contributed by atoms with van der Waals surface area (Å²) in [6.07, 6.45) is 12.0. The molecule has 1 aliphatic carbocycles. The van der Waals surface area contributed by atoms with Gasteiger partial charge in [0, 0.05) is 5.56 Å². The Morgan fingerprint density at radius 3 is 2.10 bits per heavy atom. The van der Waals surface area contributed by atoms with Crippen LogP contribution in [0, 0.1) is 10.8 Å². The van der Waals surface area contributed by atoms with E-state index in [0.29, 0.717) is 11.8 Å². The molecule has 0 heterocycles. The van der Waals surface area contributed by atoms with Crippen LogP contribution in [0.3, 0.4) is 0 Å². The summed E-state index contributed by atoms with van der Waals surface area (Å²) < 4.78 is 0. The molecule has 0 aliphatic heterocycles. The number of aryl methyl sites for hydroxylation is 1. The van der Waals surface area contributed by atoms with Gasteiger partial charge in [-0.05, 0) is 68.4 Å². The molecule has 170 valence electrons. The zero-order valence-electron chi connectivity index (χ0n) is 19.0. The number of carboxylic acids is 1. The van der Waals surface area contributed by atoms with Crippen LogP contribution in [0.15, 0.2) is 6.07 Å². The Morgan fingerprint density at radius 1 is 0.900 bits per heavy atom. The van der Waals surface area contributed by atoms with Gasteiger partial charge in [-0.1, -0.05) is 52.9 Å². The average molecular weight is 421 g/mol. The molecule has 0 aromatic heterocycles. The van der Waals surface area contributed by atoms with E-state index in [2.05, 4.69) is 20.8 Å². The second-order valence-corrected chi connectivity index (χ2v) is 10.4. The number of unbranched alkanes of at least 4 members (excludes halogenated alkanes) is 5. The van der Waals surface area contributed by atoms with Crippen LogP contribution in [0.25, 0.3) is 0 Å². The second-order valence-electron chi connectivity index (χ2n) is 10.4. The van der Waals surface area contributed by atoms with Crippen LogP contribution in [0.2, 0.25) is 0 Å². The number of rotatable bonds is 13. The lowest BCUT2D eigenvalue weighted by atomic mass is 9.89. The van der Waals surface area contributed by atoms with E-state index in [4.69, 9.17) is 0 Å². The Labute approximate surface area is 181 Å². The van der Waals surface area contributed by atoms with E-state index in [9.17, 15) is 25.2 Å². The highest BCUT2D eigenvalue weighted by Gasteiger charge is 2.49. The number of carboxylic acid groups (broad SMARTS) is 1. The van der Waals surface area contributed by atoms with Crippen molar-refractivity contribution in [3.8, 4) is 17.2 Å². The van der Waals surface area contributed by atoms with Gasteiger partial charge in [-0.15, -0.1) is 0 Å². The van der Waals surface area contributed by atoms with E-state index in [1.165, 1.54) is 19.3 Å². The number of hydrogen-bond donors (Lipinski definition) is 4. The number of phenols is 3. The van der Waals surface area contributed by atoms with Crippen molar-refractivity contribution in [3.63, 3.8) is 0 Å². The molecule has 0 spiro atoms. The minimum Gasteiger partial charge on any atom is -0.504 e. The molecule has 1 aliphatic rings. The quantitative estimate of drug-likeness (QED) is 0.221. The molecule has 2 rings (SSSR count). The summed E-state index contributed by atoms with van der Waals surface area (Å²) in [6.45, 7) is 6.77. The highest BCUT2D eigenvalue weighted by Crippen LogP contribution is 2.50. The third-order valence-electron chi connectivity index (χ3n) is 6.46. The van der Waals surface area contributed by atoms with Gasteiger partial charge >= 0.3 is 5.97 Å². The van der Waals surface area contributed by atoms with Gasteiger partial charge in [0.1, 0.15) is 0 Å². The fraction of sp³-hybridized carbons (Fsp3) is 0.720. The lowest BCUT2D eigenvalue weighted by Gasteiger charge is -2.17. The lowest BCUT2D eigenvalue weighted by molar-refractivity contribution is -0.143. The summed E-state index contributed by atoms with van der Waals surface area (Å²) in [6, 6.07) is 1.59. The number of benzene rings is 1. The molecular weight excluding hydrogens is 380 g/mol. The van der Waals surface area contributed by atoms with Gasteiger partial charge in [0.05, 0.1) is 5.41 Å². The third-order valence-corrected chi connectivity index (χ3v) is 6.46. The van der Waals surface area contributed by atoms with Gasteiger partial charge in [0.2, 0.25) is 5.75 Å². The minimum atomic E-state index is -0.673. The highest BCUT2D eigenvalue weighted by molar-refractivity contribution is 5.77. The van der Waals surface area contributed by atoms with Crippen LogP contribution < -0.4 is 0 Å². The summed E-state index contributed by atoms with van der Waals surface area (Å²) in [7, 11) is 0. The molecule has 30 heavy (non-hydrogen) atoms. The minimum absolute atomic E-state index is 0.207. The fourth-order valence-corrected chi connectivity index (χ4v) is 4.23. The number of aromatic hydroxyl groups is 3. The van der Waals surface area contributed by atoms with Crippen molar-refractivity contribution in [2.24, 2.45) is 10.8 Å². The molecule has 0 radical (unpaired) electrons. The number of hydrogen-bond acceptors (Lipinski definition) is 4. The first-order valence-electron chi connectivity index (χ1n) is 11.5. The maximum Gasteiger partial charge on any atom is 0.309 e. The normalized spacial score (nSPS) is 15.3. The summed E-state index contributed by atoms with van der Waals surface area (Å²) >= 11 is 0. The predicted molar refractivity (Wildman–Crippen MR) is 119 cm³/mol. The van der Waals surface area contributed by atoms with E-state index in [0.717, 1.165) is 68.9 Å².